The van der Waals surface area contributed by atoms with Crippen LogP contribution in [0.1, 0.15) is 97.8 Å². The SMILES string of the molecule is COC(=O)CCCCCCOCC(CCC(C)(C)C)COCCCCCCC(=O)OC. The zero-order chi connectivity index (χ0) is 23.4. The van der Waals surface area contributed by atoms with Crippen LogP contribution >= 0.6 is 0 Å². The minimum absolute atomic E-state index is 0.126. The van der Waals surface area contributed by atoms with E-state index in [4.69, 9.17) is 9.47 Å². The molecule has 6 nitrogen and oxygen atoms in total. The van der Waals surface area contributed by atoms with Gasteiger partial charge in [0.15, 0.2) is 0 Å². The maximum atomic E-state index is 11.1. The van der Waals surface area contributed by atoms with E-state index < -0.39 is 0 Å². The average Bonchev–Trinajstić information content (AvgIpc) is 2.73. The van der Waals surface area contributed by atoms with Crippen molar-refractivity contribution in [1.82, 2.24) is 0 Å². The van der Waals surface area contributed by atoms with E-state index >= 15 is 0 Å². The van der Waals surface area contributed by atoms with Crippen molar-refractivity contribution >= 4 is 11.9 Å². The van der Waals surface area contributed by atoms with Gasteiger partial charge in [0.1, 0.15) is 0 Å². The van der Waals surface area contributed by atoms with E-state index in [1.54, 1.807) is 0 Å². The number of esters is 2. The molecule has 0 aromatic rings. The minimum Gasteiger partial charge on any atom is -0.469 e. The van der Waals surface area contributed by atoms with Crippen LogP contribution in [0.2, 0.25) is 0 Å². The Hall–Kier alpha value is -1.14. The van der Waals surface area contributed by atoms with E-state index in [0.29, 0.717) is 24.2 Å². The zero-order valence-corrected chi connectivity index (χ0v) is 20.8. The minimum atomic E-state index is -0.126. The third-order valence-corrected chi connectivity index (χ3v) is 5.30. The van der Waals surface area contributed by atoms with Crippen LogP contribution < -0.4 is 0 Å². The number of hydrogen-bond acceptors (Lipinski definition) is 6. The third kappa shape index (κ3) is 21.9. The predicted molar refractivity (Wildman–Crippen MR) is 124 cm³/mol. The third-order valence-electron chi connectivity index (χ3n) is 5.30. The molecule has 0 aliphatic heterocycles. The Balaban J connectivity index is 3.87. The molecule has 0 radical (unpaired) electrons. The number of ether oxygens (including phenoxy) is 4. The van der Waals surface area contributed by atoms with E-state index in [1.807, 2.05) is 0 Å². The average molecular weight is 445 g/mol. The standard InChI is InChI=1S/C25H48O6/c1-25(2,3)17-16-22(20-30-18-12-8-6-10-14-23(26)28-4)21-31-19-13-9-7-11-15-24(27)29-5/h22H,6-21H2,1-5H3. The Labute approximate surface area is 190 Å². The van der Waals surface area contributed by atoms with Gasteiger partial charge in [0.05, 0.1) is 27.4 Å². The van der Waals surface area contributed by atoms with Crippen molar-refractivity contribution in [3.63, 3.8) is 0 Å². The molecule has 0 bridgehead atoms. The van der Waals surface area contributed by atoms with Gasteiger partial charge in [0.25, 0.3) is 0 Å². The van der Waals surface area contributed by atoms with Gasteiger partial charge in [-0.3, -0.25) is 9.59 Å². The Morgan fingerprint density at radius 2 is 1.10 bits per heavy atom. The molecule has 0 aliphatic carbocycles. The maximum absolute atomic E-state index is 11.1. The van der Waals surface area contributed by atoms with Crippen LogP contribution in [-0.4, -0.2) is 52.6 Å². The second-order valence-electron chi connectivity index (χ2n) is 9.60. The number of hydrogen-bond donors (Lipinski definition) is 0. The van der Waals surface area contributed by atoms with Crippen LogP contribution in [-0.2, 0) is 28.5 Å². The highest BCUT2D eigenvalue weighted by atomic mass is 16.5. The second kappa shape index (κ2) is 19.5. The quantitative estimate of drug-likeness (QED) is 0.177. The topological polar surface area (TPSA) is 71.1 Å². The molecule has 6 heteroatoms. The first-order valence-electron chi connectivity index (χ1n) is 12.1. The van der Waals surface area contributed by atoms with Crippen molar-refractivity contribution in [3.8, 4) is 0 Å². The van der Waals surface area contributed by atoms with Gasteiger partial charge in [0.2, 0.25) is 0 Å². The lowest BCUT2D eigenvalue weighted by atomic mass is 9.87. The molecule has 0 fully saturated rings. The maximum Gasteiger partial charge on any atom is 0.305 e. The van der Waals surface area contributed by atoms with Crippen LogP contribution in [0.4, 0.5) is 0 Å². The molecule has 0 aromatic carbocycles. The highest BCUT2D eigenvalue weighted by Gasteiger charge is 2.16. The van der Waals surface area contributed by atoms with Crippen molar-refractivity contribution in [1.29, 1.82) is 0 Å². The highest BCUT2D eigenvalue weighted by Crippen LogP contribution is 2.24. The summed E-state index contributed by atoms with van der Waals surface area (Å²) in [4.78, 5) is 22.2. The first kappa shape index (κ1) is 29.9. The molecule has 0 aliphatic rings. The van der Waals surface area contributed by atoms with Gasteiger partial charge in [-0.2, -0.15) is 0 Å². The van der Waals surface area contributed by atoms with E-state index in [2.05, 4.69) is 30.2 Å². The molecule has 0 heterocycles. The van der Waals surface area contributed by atoms with Crippen molar-refractivity contribution in [2.24, 2.45) is 11.3 Å². The molecule has 0 unspecified atom stereocenters. The van der Waals surface area contributed by atoms with E-state index in [1.165, 1.54) is 14.2 Å². The molecule has 0 aromatic heterocycles. The van der Waals surface area contributed by atoms with Gasteiger partial charge < -0.3 is 18.9 Å². The summed E-state index contributed by atoms with van der Waals surface area (Å²) in [6.07, 6.45) is 11.3. The fourth-order valence-electron chi connectivity index (χ4n) is 3.21. The lowest BCUT2D eigenvalue weighted by Crippen LogP contribution is -2.20. The van der Waals surface area contributed by atoms with E-state index in [-0.39, 0.29) is 11.9 Å². The normalized spacial score (nSPS) is 11.7. The van der Waals surface area contributed by atoms with Gasteiger partial charge in [-0.15, -0.1) is 0 Å². The number of carbonyl (C=O) groups excluding carboxylic acids is 2. The largest absolute Gasteiger partial charge is 0.469 e. The summed E-state index contributed by atoms with van der Waals surface area (Å²) in [5.41, 5.74) is 0.317. The molecule has 0 spiro atoms. The van der Waals surface area contributed by atoms with Crippen LogP contribution in [0.15, 0.2) is 0 Å². The Morgan fingerprint density at radius 1 is 0.677 bits per heavy atom. The predicted octanol–water partition coefficient (Wildman–Crippen LogP) is 5.71. The Bertz CT molecular complexity index is 412. The van der Waals surface area contributed by atoms with Gasteiger partial charge >= 0.3 is 11.9 Å². The zero-order valence-electron chi connectivity index (χ0n) is 20.8. The van der Waals surface area contributed by atoms with E-state index in [9.17, 15) is 9.59 Å². The highest BCUT2D eigenvalue weighted by molar-refractivity contribution is 5.69. The molecule has 0 amide bonds. The summed E-state index contributed by atoms with van der Waals surface area (Å²) in [5, 5.41) is 0. The van der Waals surface area contributed by atoms with Crippen molar-refractivity contribution in [2.45, 2.75) is 97.8 Å². The Morgan fingerprint density at radius 3 is 1.48 bits per heavy atom. The summed E-state index contributed by atoms with van der Waals surface area (Å²) < 4.78 is 21.2. The fraction of sp³-hybridized carbons (Fsp3) is 0.920. The van der Waals surface area contributed by atoms with Crippen molar-refractivity contribution < 1.29 is 28.5 Å². The smallest absolute Gasteiger partial charge is 0.305 e. The van der Waals surface area contributed by atoms with Gasteiger partial charge in [-0.25, -0.2) is 0 Å². The van der Waals surface area contributed by atoms with Crippen molar-refractivity contribution in [2.75, 3.05) is 40.6 Å². The summed E-state index contributed by atoms with van der Waals surface area (Å²) >= 11 is 0. The fourth-order valence-corrected chi connectivity index (χ4v) is 3.21. The lowest BCUT2D eigenvalue weighted by molar-refractivity contribution is -0.141. The second-order valence-corrected chi connectivity index (χ2v) is 9.60. The van der Waals surface area contributed by atoms with Gasteiger partial charge in [-0.05, 0) is 43.9 Å². The van der Waals surface area contributed by atoms with E-state index in [0.717, 1.165) is 90.6 Å². The molecule has 184 valence electrons. The van der Waals surface area contributed by atoms with Crippen LogP contribution in [0.5, 0.6) is 0 Å². The van der Waals surface area contributed by atoms with Gasteiger partial charge in [0, 0.05) is 32.0 Å². The first-order chi connectivity index (χ1) is 14.8. The molecule has 0 saturated carbocycles. The molecular formula is C25H48O6. The summed E-state index contributed by atoms with van der Waals surface area (Å²) in [7, 11) is 2.87. The first-order valence-corrected chi connectivity index (χ1v) is 12.1. The summed E-state index contributed by atoms with van der Waals surface area (Å²) in [5.74, 6) is 0.177. The summed E-state index contributed by atoms with van der Waals surface area (Å²) in [6.45, 7) is 9.85. The molecule has 0 saturated heterocycles. The van der Waals surface area contributed by atoms with Crippen molar-refractivity contribution in [3.05, 3.63) is 0 Å². The summed E-state index contributed by atoms with van der Waals surface area (Å²) in [6, 6.07) is 0. The molecule has 0 atom stereocenters. The lowest BCUT2D eigenvalue weighted by Gasteiger charge is -2.23. The molecular weight excluding hydrogens is 396 g/mol. The monoisotopic (exact) mass is 444 g/mol. The number of carbonyl (C=O) groups is 2. The molecule has 0 N–H and O–H groups in total. The molecule has 31 heavy (non-hydrogen) atoms. The number of unbranched alkanes of at least 4 members (excludes halogenated alkanes) is 6. The number of methoxy groups -OCH3 is 2. The van der Waals surface area contributed by atoms with Crippen LogP contribution in [0, 0.1) is 11.3 Å². The van der Waals surface area contributed by atoms with Crippen LogP contribution in [0.25, 0.3) is 0 Å². The molecule has 0 rings (SSSR count). The number of rotatable bonds is 20. The van der Waals surface area contributed by atoms with Crippen LogP contribution in [0.3, 0.4) is 0 Å². The Kier molecular flexibility index (Phi) is 18.8. The van der Waals surface area contributed by atoms with Gasteiger partial charge in [-0.1, -0.05) is 46.5 Å².